The predicted octanol–water partition coefficient (Wildman–Crippen LogP) is 5.12. The minimum Gasteiger partial charge on any atom is -0.481 e. The molecule has 0 spiro atoms. The van der Waals surface area contributed by atoms with Crippen molar-refractivity contribution < 1.29 is 9.53 Å². The van der Waals surface area contributed by atoms with Gasteiger partial charge in [0.15, 0.2) is 6.10 Å². The molecule has 0 saturated heterocycles. The molecule has 1 unspecified atom stereocenters. The number of nitrogens with one attached hydrogen (secondary N) is 1. The Bertz CT molecular complexity index is 901. The lowest BCUT2D eigenvalue weighted by atomic mass is 10.1. The monoisotopic (exact) mass is 333 g/mol. The molecule has 0 aliphatic heterocycles. The number of benzene rings is 3. The molecular formula is C22H23NO2. The van der Waals surface area contributed by atoms with E-state index in [-0.39, 0.29) is 5.91 Å². The van der Waals surface area contributed by atoms with Gasteiger partial charge in [-0.25, -0.2) is 0 Å². The van der Waals surface area contributed by atoms with Gasteiger partial charge in [0.1, 0.15) is 5.75 Å². The van der Waals surface area contributed by atoms with Gasteiger partial charge < -0.3 is 10.1 Å². The topological polar surface area (TPSA) is 38.3 Å². The zero-order valence-electron chi connectivity index (χ0n) is 14.9. The molecule has 3 aromatic rings. The van der Waals surface area contributed by atoms with Crippen LogP contribution in [0.4, 0.5) is 5.69 Å². The molecule has 0 fully saturated rings. The summed E-state index contributed by atoms with van der Waals surface area (Å²) in [5.41, 5.74) is 3.08. The van der Waals surface area contributed by atoms with Crippen molar-refractivity contribution in [3.05, 3.63) is 71.8 Å². The molecule has 128 valence electrons. The third-order valence-corrected chi connectivity index (χ3v) is 4.39. The third kappa shape index (κ3) is 3.82. The number of hydrogen-bond acceptors (Lipinski definition) is 2. The number of anilines is 1. The van der Waals surface area contributed by atoms with Crippen molar-refractivity contribution in [2.24, 2.45) is 0 Å². The third-order valence-electron chi connectivity index (χ3n) is 4.39. The number of aryl methyl sites for hydroxylation is 2. The van der Waals surface area contributed by atoms with Gasteiger partial charge in [0.05, 0.1) is 0 Å². The smallest absolute Gasteiger partial charge is 0.265 e. The molecule has 3 aromatic carbocycles. The fourth-order valence-electron chi connectivity index (χ4n) is 2.93. The second-order valence-corrected chi connectivity index (χ2v) is 6.22. The lowest BCUT2D eigenvalue weighted by Gasteiger charge is -2.18. The van der Waals surface area contributed by atoms with E-state index in [0.29, 0.717) is 5.75 Å². The summed E-state index contributed by atoms with van der Waals surface area (Å²) >= 11 is 0. The number of carbonyl (C=O) groups is 1. The first-order valence-electron chi connectivity index (χ1n) is 8.63. The van der Waals surface area contributed by atoms with E-state index in [2.05, 4.69) is 18.3 Å². The van der Waals surface area contributed by atoms with Crippen molar-refractivity contribution in [1.29, 1.82) is 0 Å². The normalized spacial score (nSPS) is 12.0. The SMILES string of the molecule is CCc1cccc(C)c1NC(=O)C(C)Oc1ccc2ccccc2c1. The van der Waals surface area contributed by atoms with E-state index in [1.54, 1.807) is 6.92 Å². The average Bonchev–Trinajstić information content (AvgIpc) is 2.63. The van der Waals surface area contributed by atoms with E-state index in [1.807, 2.05) is 61.5 Å². The molecule has 1 N–H and O–H groups in total. The molecule has 0 aromatic heterocycles. The second kappa shape index (κ2) is 7.39. The highest BCUT2D eigenvalue weighted by molar-refractivity contribution is 5.95. The van der Waals surface area contributed by atoms with E-state index in [0.717, 1.165) is 34.0 Å². The van der Waals surface area contributed by atoms with E-state index in [9.17, 15) is 4.79 Å². The number of para-hydroxylation sites is 1. The van der Waals surface area contributed by atoms with Crippen LogP contribution in [0.2, 0.25) is 0 Å². The summed E-state index contributed by atoms with van der Waals surface area (Å²) in [5.74, 6) is 0.555. The fourth-order valence-corrected chi connectivity index (χ4v) is 2.93. The number of ether oxygens (including phenoxy) is 1. The van der Waals surface area contributed by atoms with Crippen molar-refractivity contribution in [2.45, 2.75) is 33.3 Å². The van der Waals surface area contributed by atoms with Crippen LogP contribution in [0.1, 0.15) is 25.0 Å². The van der Waals surface area contributed by atoms with Crippen molar-refractivity contribution in [1.82, 2.24) is 0 Å². The number of rotatable bonds is 5. The van der Waals surface area contributed by atoms with Crippen molar-refractivity contribution in [3.8, 4) is 5.75 Å². The highest BCUT2D eigenvalue weighted by Gasteiger charge is 2.17. The molecule has 1 atom stereocenters. The minimum absolute atomic E-state index is 0.142. The summed E-state index contributed by atoms with van der Waals surface area (Å²) in [6, 6.07) is 20.0. The first-order chi connectivity index (χ1) is 12.1. The van der Waals surface area contributed by atoms with Crippen LogP contribution in [0.25, 0.3) is 10.8 Å². The van der Waals surface area contributed by atoms with Gasteiger partial charge in [-0.15, -0.1) is 0 Å². The standard InChI is InChI=1S/C22H23NO2/c1-4-17-11-7-8-15(2)21(17)23-22(24)16(3)25-20-13-12-18-9-5-6-10-19(18)14-20/h5-14,16H,4H2,1-3H3,(H,23,24). The Morgan fingerprint density at radius 2 is 1.80 bits per heavy atom. The molecule has 3 nitrogen and oxygen atoms in total. The Hall–Kier alpha value is -2.81. The molecule has 3 heteroatoms. The van der Waals surface area contributed by atoms with Crippen LogP contribution in [0, 0.1) is 6.92 Å². The molecule has 0 saturated carbocycles. The quantitative estimate of drug-likeness (QED) is 0.704. The first-order valence-corrected chi connectivity index (χ1v) is 8.63. The van der Waals surface area contributed by atoms with Gasteiger partial charge >= 0.3 is 0 Å². The molecule has 0 aliphatic rings. The van der Waals surface area contributed by atoms with Gasteiger partial charge in [0.2, 0.25) is 0 Å². The van der Waals surface area contributed by atoms with Crippen LogP contribution in [-0.2, 0) is 11.2 Å². The van der Waals surface area contributed by atoms with Crippen LogP contribution in [0.15, 0.2) is 60.7 Å². The zero-order valence-corrected chi connectivity index (χ0v) is 14.9. The largest absolute Gasteiger partial charge is 0.481 e. The van der Waals surface area contributed by atoms with Gasteiger partial charge in [-0.05, 0) is 54.3 Å². The Kier molecular flexibility index (Phi) is 5.03. The van der Waals surface area contributed by atoms with Gasteiger partial charge in [-0.3, -0.25) is 4.79 Å². The van der Waals surface area contributed by atoms with Crippen LogP contribution >= 0.6 is 0 Å². The maximum absolute atomic E-state index is 12.6. The molecule has 0 heterocycles. The van der Waals surface area contributed by atoms with Gasteiger partial charge in [-0.1, -0.05) is 55.5 Å². The van der Waals surface area contributed by atoms with E-state index in [4.69, 9.17) is 4.74 Å². The molecule has 0 aliphatic carbocycles. The molecule has 0 bridgehead atoms. The summed E-state index contributed by atoms with van der Waals surface area (Å²) in [5, 5.41) is 5.27. The highest BCUT2D eigenvalue weighted by atomic mass is 16.5. The lowest BCUT2D eigenvalue weighted by Crippen LogP contribution is -2.30. The Morgan fingerprint density at radius 1 is 1.04 bits per heavy atom. The van der Waals surface area contributed by atoms with E-state index >= 15 is 0 Å². The number of hydrogen-bond donors (Lipinski definition) is 1. The predicted molar refractivity (Wildman–Crippen MR) is 103 cm³/mol. The Labute approximate surface area is 148 Å². The molecule has 3 rings (SSSR count). The van der Waals surface area contributed by atoms with Gasteiger partial charge in [0, 0.05) is 5.69 Å². The first kappa shape index (κ1) is 17.0. The van der Waals surface area contributed by atoms with E-state index in [1.165, 1.54) is 0 Å². The summed E-state index contributed by atoms with van der Waals surface area (Å²) in [7, 11) is 0. The minimum atomic E-state index is -0.578. The van der Waals surface area contributed by atoms with Crippen LogP contribution in [0.3, 0.4) is 0 Å². The van der Waals surface area contributed by atoms with Crippen molar-refractivity contribution >= 4 is 22.4 Å². The second-order valence-electron chi connectivity index (χ2n) is 6.22. The van der Waals surface area contributed by atoms with Crippen LogP contribution in [0.5, 0.6) is 5.75 Å². The zero-order chi connectivity index (χ0) is 17.8. The number of fused-ring (bicyclic) bond motifs is 1. The van der Waals surface area contributed by atoms with Gasteiger partial charge in [0.25, 0.3) is 5.91 Å². The lowest BCUT2D eigenvalue weighted by molar-refractivity contribution is -0.122. The van der Waals surface area contributed by atoms with Crippen molar-refractivity contribution in [2.75, 3.05) is 5.32 Å². The van der Waals surface area contributed by atoms with Gasteiger partial charge in [-0.2, -0.15) is 0 Å². The maximum atomic E-state index is 12.6. The maximum Gasteiger partial charge on any atom is 0.265 e. The van der Waals surface area contributed by atoms with E-state index < -0.39 is 6.10 Å². The Balaban J connectivity index is 1.74. The number of amides is 1. The fraction of sp³-hybridized carbons (Fsp3) is 0.227. The summed E-state index contributed by atoms with van der Waals surface area (Å²) in [4.78, 5) is 12.6. The van der Waals surface area contributed by atoms with Crippen LogP contribution < -0.4 is 10.1 Å². The molecule has 1 amide bonds. The summed E-state index contributed by atoms with van der Waals surface area (Å²) in [6.45, 7) is 5.86. The molecule has 25 heavy (non-hydrogen) atoms. The average molecular weight is 333 g/mol. The summed E-state index contributed by atoms with van der Waals surface area (Å²) < 4.78 is 5.86. The summed E-state index contributed by atoms with van der Waals surface area (Å²) in [6.07, 6.45) is 0.294. The number of carbonyl (C=O) groups excluding carboxylic acids is 1. The van der Waals surface area contributed by atoms with Crippen molar-refractivity contribution in [3.63, 3.8) is 0 Å². The molecular weight excluding hydrogens is 310 g/mol. The highest BCUT2D eigenvalue weighted by Crippen LogP contribution is 2.23. The Morgan fingerprint density at radius 3 is 2.56 bits per heavy atom. The van der Waals surface area contributed by atoms with Crippen LogP contribution in [-0.4, -0.2) is 12.0 Å². The molecule has 0 radical (unpaired) electrons.